The van der Waals surface area contributed by atoms with Crippen LogP contribution in [0.25, 0.3) is 0 Å². The van der Waals surface area contributed by atoms with E-state index in [1.807, 2.05) is 30.3 Å². The highest BCUT2D eigenvalue weighted by atomic mass is 32.1. The van der Waals surface area contributed by atoms with E-state index in [0.29, 0.717) is 19.1 Å². The molecule has 170 valence electrons. The molecule has 0 fully saturated rings. The molecular weight excluding hydrogens is 422 g/mol. The number of carboxylic acids is 1. The molecule has 9 nitrogen and oxygen atoms in total. The van der Waals surface area contributed by atoms with Gasteiger partial charge in [0.25, 0.3) is 5.91 Å². The van der Waals surface area contributed by atoms with Crippen LogP contribution in [0.3, 0.4) is 0 Å². The van der Waals surface area contributed by atoms with E-state index in [-0.39, 0.29) is 37.5 Å². The number of benzene rings is 1. The smallest absolute Gasteiger partial charge is 0.304 e. The van der Waals surface area contributed by atoms with E-state index < -0.39 is 29.9 Å². The maximum atomic E-state index is 12.2. The number of ketones is 1. The van der Waals surface area contributed by atoms with Crippen molar-refractivity contribution in [2.75, 3.05) is 6.54 Å². The fraction of sp³-hybridized carbons (Fsp3) is 0.476. The molecule has 1 rings (SSSR count). The van der Waals surface area contributed by atoms with E-state index in [1.165, 1.54) is 0 Å². The lowest BCUT2D eigenvalue weighted by Gasteiger charge is -2.17. The minimum atomic E-state index is -1.08. The molecule has 0 heterocycles. The molecule has 0 spiro atoms. The molecule has 0 saturated heterocycles. The molecule has 0 aliphatic rings. The van der Waals surface area contributed by atoms with E-state index in [0.717, 1.165) is 5.56 Å². The Hall–Kier alpha value is -2.72. The number of hydrogen-bond donors (Lipinski definition) is 5. The summed E-state index contributed by atoms with van der Waals surface area (Å²) in [7, 11) is 0. The molecule has 1 unspecified atom stereocenters. The Balaban J connectivity index is 2.42. The van der Waals surface area contributed by atoms with Gasteiger partial charge in [0, 0.05) is 31.7 Å². The third-order valence-corrected chi connectivity index (χ3v) is 4.89. The van der Waals surface area contributed by atoms with E-state index in [4.69, 9.17) is 5.11 Å². The number of aldehydes is 1. The van der Waals surface area contributed by atoms with Gasteiger partial charge < -0.3 is 25.3 Å². The molecular formula is C21H29N3O6S. The van der Waals surface area contributed by atoms with Crippen LogP contribution in [-0.2, 0) is 30.4 Å². The van der Waals surface area contributed by atoms with Crippen LogP contribution in [-0.4, -0.2) is 53.6 Å². The number of thiol groups is 1. The molecule has 2 amide bonds. The number of carbonyl (C=O) groups is 5. The van der Waals surface area contributed by atoms with Crippen LogP contribution in [0.1, 0.15) is 38.2 Å². The molecule has 0 bridgehead atoms. The molecule has 4 N–H and O–H groups in total. The van der Waals surface area contributed by atoms with Gasteiger partial charge >= 0.3 is 5.97 Å². The third-order valence-electron chi connectivity index (χ3n) is 4.67. The van der Waals surface area contributed by atoms with Gasteiger partial charge in [0.05, 0.1) is 12.5 Å². The number of rotatable bonds is 15. The zero-order chi connectivity index (χ0) is 23.2. The number of aliphatic carboxylic acids is 1. The van der Waals surface area contributed by atoms with Gasteiger partial charge in [-0.25, -0.2) is 0 Å². The summed E-state index contributed by atoms with van der Waals surface area (Å²) in [6, 6.07) is 7.89. The summed E-state index contributed by atoms with van der Waals surface area (Å²) in [6.45, 7) is 1.71. The first-order valence-corrected chi connectivity index (χ1v) is 10.4. The number of nitrogens with one attached hydrogen (secondary N) is 3. The molecule has 0 radical (unpaired) electrons. The Kier molecular flexibility index (Phi) is 12.2. The number of Topliss-reactive ketones (excluding diaryl/α,β-unsaturated/α-hetero) is 1. The molecule has 10 heteroatoms. The summed E-state index contributed by atoms with van der Waals surface area (Å²) in [4.78, 5) is 58.0. The predicted octanol–water partition coefficient (Wildman–Crippen LogP) is 0.682. The normalized spacial score (nSPS) is 13.5. The summed E-state index contributed by atoms with van der Waals surface area (Å²) >= 11 is 3.77. The van der Waals surface area contributed by atoms with Crippen molar-refractivity contribution in [1.29, 1.82) is 0 Å². The van der Waals surface area contributed by atoms with Crippen molar-refractivity contribution < 1.29 is 29.1 Å². The molecule has 0 aliphatic carbocycles. The lowest BCUT2D eigenvalue weighted by molar-refractivity contribution is -0.139. The second-order valence-corrected chi connectivity index (χ2v) is 7.45. The highest BCUT2D eigenvalue weighted by Crippen LogP contribution is 2.06. The van der Waals surface area contributed by atoms with Gasteiger partial charge in [0.2, 0.25) is 5.91 Å². The fourth-order valence-electron chi connectivity index (χ4n) is 2.88. The van der Waals surface area contributed by atoms with Gasteiger partial charge in [-0.15, -0.1) is 0 Å². The van der Waals surface area contributed by atoms with E-state index in [1.54, 1.807) is 6.92 Å². The zero-order valence-electron chi connectivity index (χ0n) is 17.4. The number of carbonyl (C=O) groups excluding carboxylic acids is 4. The standard InChI is InChI=1S/C21H29N3O6S/c1-14(22-12-16(13-25)11-20(28)29)18(26)8-5-9-19(27)23-17(21(30)24-31)10-15-6-3-2-4-7-15/h2-4,6-7,13-14,16-17,22,31H,5,8-12H2,1H3,(H,23,27)(H,24,30)(H,28,29)/t14-,16?,17-/m0/s1. The largest absolute Gasteiger partial charge is 0.481 e. The maximum Gasteiger partial charge on any atom is 0.304 e. The average Bonchev–Trinajstić information content (AvgIpc) is 2.75. The van der Waals surface area contributed by atoms with Gasteiger partial charge in [-0.05, 0) is 18.9 Å². The molecule has 1 aromatic rings. The molecule has 3 atom stereocenters. The van der Waals surface area contributed by atoms with E-state index in [2.05, 4.69) is 28.2 Å². The van der Waals surface area contributed by atoms with E-state index >= 15 is 0 Å². The van der Waals surface area contributed by atoms with Crippen molar-refractivity contribution in [1.82, 2.24) is 15.4 Å². The molecule has 31 heavy (non-hydrogen) atoms. The molecule has 0 aliphatic heterocycles. The topological polar surface area (TPSA) is 142 Å². The van der Waals surface area contributed by atoms with Crippen molar-refractivity contribution in [3.05, 3.63) is 35.9 Å². The Labute approximate surface area is 186 Å². The van der Waals surface area contributed by atoms with Crippen molar-refractivity contribution in [3.8, 4) is 0 Å². The monoisotopic (exact) mass is 451 g/mol. The van der Waals surface area contributed by atoms with Gasteiger partial charge in [-0.1, -0.05) is 43.1 Å². The first kappa shape index (κ1) is 26.3. The molecule has 0 aromatic heterocycles. The van der Waals surface area contributed by atoms with Crippen LogP contribution in [0, 0.1) is 5.92 Å². The Morgan fingerprint density at radius 1 is 1.13 bits per heavy atom. The summed E-state index contributed by atoms with van der Waals surface area (Å²) < 4.78 is 2.24. The Bertz CT molecular complexity index is 759. The highest BCUT2D eigenvalue weighted by Gasteiger charge is 2.21. The van der Waals surface area contributed by atoms with Gasteiger partial charge in [-0.2, -0.15) is 0 Å². The lowest BCUT2D eigenvalue weighted by Crippen LogP contribution is -2.46. The van der Waals surface area contributed by atoms with Gasteiger partial charge in [0.15, 0.2) is 0 Å². The zero-order valence-corrected chi connectivity index (χ0v) is 18.3. The first-order chi connectivity index (χ1) is 14.8. The van der Waals surface area contributed by atoms with Crippen molar-refractivity contribution in [2.45, 2.75) is 51.1 Å². The molecule has 1 aromatic carbocycles. The SMILES string of the molecule is C[C@H](NCC(C=O)CC(=O)O)C(=O)CCCC(=O)N[C@@H](Cc1ccccc1)C(=O)NS. The summed E-state index contributed by atoms with van der Waals surface area (Å²) in [5.74, 6) is -2.73. The van der Waals surface area contributed by atoms with Crippen LogP contribution < -0.4 is 15.4 Å². The van der Waals surface area contributed by atoms with Crippen LogP contribution in [0.5, 0.6) is 0 Å². The summed E-state index contributed by atoms with van der Waals surface area (Å²) in [6.07, 6.45) is 1.06. The van der Waals surface area contributed by atoms with Crippen molar-refractivity contribution >= 4 is 42.7 Å². The van der Waals surface area contributed by atoms with Crippen molar-refractivity contribution in [2.24, 2.45) is 5.92 Å². The van der Waals surface area contributed by atoms with Crippen molar-refractivity contribution in [3.63, 3.8) is 0 Å². The number of amides is 2. The fourth-order valence-corrected chi connectivity index (χ4v) is 3.03. The minimum absolute atomic E-state index is 0.0690. The second-order valence-electron chi connectivity index (χ2n) is 7.23. The third kappa shape index (κ3) is 10.7. The highest BCUT2D eigenvalue weighted by molar-refractivity contribution is 7.78. The van der Waals surface area contributed by atoms with Crippen LogP contribution in [0.2, 0.25) is 0 Å². The van der Waals surface area contributed by atoms with Crippen LogP contribution in [0.15, 0.2) is 30.3 Å². The minimum Gasteiger partial charge on any atom is -0.481 e. The maximum absolute atomic E-state index is 12.2. The second kappa shape index (κ2) is 14.3. The van der Waals surface area contributed by atoms with Gasteiger partial charge in [-0.3, -0.25) is 19.2 Å². The number of carboxylic acid groups (broad SMARTS) is 1. The summed E-state index contributed by atoms with van der Waals surface area (Å²) in [5, 5.41) is 14.2. The predicted molar refractivity (Wildman–Crippen MR) is 117 cm³/mol. The Morgan fingerprint density at radius 3 is 2.39 bits per heavy atom. The van der Waals surface area contributed by atoms with E-state index in [9.17, 15) is 24.0 Å². The van der Waals surface area contributed by atoms with Crippen LogP contribution >= 0.6 is 12.8 Å². The quantitative estimate of drug-likeness (QED) is 0.195. The lowest BCUT2D eigenvalue weighted by atomic mass is 10.0. The Morgan fingerprint density at radius 2 is 1.81 bits per heavy atom. The average molecular weight is 452 g/mol. The summed E-state index contributed by atoms with van der Waals surface area (Å²) in [5.41, 5.74) is 0.885. The van der Waals surface area contributed by atoms with Crippen LogP contribution in [0.4, 0.5) is 0 Å². The molecule has 0 saturated carbocycles. The number of hydrogen-bond acceptors (Lipinski definition) is 7. The first-order valence-electron chi connectivity index (χ1n) is 9.97. The van der Waals surface area contributed by atoms with Gasteiger partial charge in [0.1, 0.15) is 18.1 Å².